The Morgan fingerprint density at radius 3 is 2.88 bits per heavy atom. The summed E-state index contributed by atoms with van der Waals surface area (Å²) in [7, 11) is 0. The van der Waals surface area contributed by atoms with Gasteiger partial charge >= 0.3 is 0 Å². The monoisotopic (exact) mass is 261 g/mol. The number of hydrogen-bond donors (Lipinski definition) is 1. The van der Waals surface area contributed by atoms with Crippen LogP contribution in [0.4, 0.5) is 10.8 Å². The maximum absolute atomic E-state index is 5.79. The molecule has 5 heteroatoms. The smallest absolute Gasteiger partial charge is 0.188 e. The molecule has 0 unspecified atom stereocenters. The molecule has 1 N–H and O–H groups in total. The number of anilines is 2. The average molecular weight is 262 g/mol. The molecule has 3 rings (SSSR count). The number of halogens is 1. The highest BCUT2D eigenvalue weighted by Crippen LogP contribution is 2.27. The third kappa shape index (κ3) is 2.09. The van der Waals surface area contributed by atoms with Gasteiger partial charge in [0.1, 0.15) is 5.15 Å². The van der Waals surface area contributed by atoms with E-state index in [0.717, 1.165) is 21.7 Å². The van der Waals surface area contributed by atoms with Crippen molar-refractivity contribution in [3.63, 3.8) is 0 Å². The molecule has 0 bridgehead atoms. The van der Waals surface area contributed by atoms with Crippen molar-refractivity contribution in [2.75, 3.05) is 5.32 Å². The number of rotatable bonds is 2. The summed E-state index contributed by atoms with van der Waals surface area (Å²) in [6.07, 6.45) is 1.78. The van der Waals surface area contributed by atoms with Crippen molar-refractivity contribution in [2.24, 2.45) is 0 Å². The Balaban J connectivity index is 2.05. The first-order chi connectivity index (χ1) is 8.33. The van der Waals surface area contributed by atoms with E-state index >= 15 is 0 Å². The molecule has 0 spiro atoms. The van der Waals surface area contributed by atoms with Crippen LogP contribution in [0.2, 0.25) is 5.15 Å². The molecule has 0 amide bonds. The average Bonchev–Trinajstić information content (AvgIpc) is 2.75. The van der Waals surface area contributed by atoms with Gasteiger partial charge in [-0.05, 0) is 12.1 Å². The van der Waals surface area contributed by atoms with E-state index in [0.29, 0.717) is 5.15 Å². The number of thiazole rings is 1. The minimum atomic E-state index is 0.505. The molecule has 2 heterocycles. The molecule has 0 radical (unpaired) electrons. The normalized spacial score (nSPS) is 10.6. The van der Waals surface area contributed by atoms with Crippen molar-refractivity contribution in [1.29, 1.82) is 0 Å². The highest BCUT2D eigenvalue weighted by Gasteiger charge is 2.04. The largest absolute Gasteiger partial charge is 0.330 e. The van der Waals surface area contributed by atoms with Crippen LogP contribution < -0.4 is 5.32 Å². The number of hydrogen-bond acceptors (Lipinski definition) is 4. The molecule has 0 saturated carbocycles. The van der Waals surface area contributed by atoms with Crippen LogP contribution in [0.5, 0.6) is 0 Å². The zero-order chi connectivity index (χ0) is 11.7. The number of fused-ring (bicyclic) bond motifs is 1. The fourth-order valence-electron chi connectivity index (χ4n) is 1.63. The molecule has 1 aromatic carbocycles. The van der Waals surface area contributed by atoms with Crippen LogP contribution >= 0.6 is 22.9 Å². The van der Waals surface area contributed by atoms with Crippen LogP contribution in [0.1, 0.15) is 0 Å². The van der Waals surface area contributed by atoms with Crippen molar-refractivity contribution in [2.45, 2.75) is 0 Å². The fourth-order valence-corrected chi connectivity index (χ4v) is 2.48. The number of aromatic nitrogens is 2. The van der Waals surface area contributed by atoms with E-state index in [-0.39, 0.29) is 0 Å². The van der Waals surface area contributed by atoms with Gasteiger partial charge in [-0.2, -0.15) is 0 Å². The van der Waals surface area contributed by atoms with Crippen molar-refractivity contribution in [3.8, 4) is 0 Å². The summed E-state index contributed by atoms with van der Waals surface area (Å²) in [4.78, 5) is 8.52. The molecule has 2 aromatic heterocycles. The van der Waals surface area contributed by atoms with Gasteiger partial charge in [-0.15, -0.1) is 11.3 Å². The fraction of sp³-hybridized carbons (Fsp3) is 0. The Kier molecular flexibility index (Phi) is 2.66. The standard InChI is InChI=1S/C12H8ClN3S/c13-10-7-17-12(16-10)15-9-5-1-3-8-4-2-6-14-11(8)9/h1-7H,(H,15,16). The van der Waals surface area contributed by atoms with E-state index in [1.165, 1.54) is 11.3 Å². The second kappa shape index (κ2) is 4.31. The zero-order valence-corrected chi connectivity index (χ0v) is 10.3. The minimum absolute atomic E-state index is 0.505. The van der Waals surface area contributed by atoms with Gasteiger partial charge in [0.15, 0.2) is 5.13 Å². The predicted octanol–water partition coefficient (Wildman–Crippen LogP) is 4.09. The van der Waals surface area contributed by atoms with E-state index in [2.05, 4.69) is 15.3 Å². The lowest BCUT2D eigenvalue weighted by molar-refractivity contribution is 1.37. The van der Waals surface area contributed by atoms with Crippen molar-refractivity contribution in [3.05, 3.63) is 47.1 Å². The quantitative estimate of drug-likeness (QED) is 0.755. The summed E-state index contributed by atoms with van der Waals surface area (Å²) in [5.41, 5.74) is 1.87. The van der Waals surface area contributed by atoms with E-state index in [1.807, 2.05) is 30.3 Å². The Morgan fingerprint density at radius 2 is 2.06 bits per heavy atom. The molecule has 3 aromatic rings. The van der Waals surface area contributed by atoms with Crippen LogP contribution in [-0.2, 0) is 0 Å². The van der Waals surface area contributed by atoms with E-state index in [4.69, 9.17) is 11.6 Å². The van der Waals surface area contributed by atoms with Crippen LogP contribution in [0.3, 0.4) is 0 Å². The lowest BCUT2D eigenvalue weighted by Gasteiger charge is -2.05. The van der Waals surface area contributed by atoms with Gasteiger partial charge in [0.05, 0.1) is 11.2 Å². The van der Waals surface area contributed by atoms with Crippen molar-refractivity contribution in [1.82, 2.24) is 9.97 Å². The van der Waals surface area contributed by atoms with Gasteiger partial charge in [0, 0.05) is 17.0 Å². The maximum Gasteiger partial charge on any atom is 0.188 e. The SMILES string of the molecule is Clc1csc(Nc2cccc3cccnc23)n1. The van der Waals surface area contributed by atoms with Gasteiger partial charge in [-0.1, -0.05) is 29.8 Å². The lowest BCUT2D eigenvalue weighted by atomic mass is 10.2. The number of nitrogens with zero attached hydrogens (tertiary/aromatic N) is 2. The van der Waals surface area contributed by atoms with Crippen LogP contribution in [0, 0.1) is 0 Å². The van der Waals surface area contributed by atoms with Gasteiger partial charge in [-0.3, -0.25) is 4.98 Å². The van der Waals surface area contributed by atoms with Crippen LogP contribution in [0.25, 0.3) is 10.9 Å². The molecule has 0 aliphatic rings. The first kappa shape index (κ1) is 10.5. The molecular formula is C12H8ClN3S. The number of para-hydroxylation sites is 1. The molecule has 0 aliphatic carbocycles. The minimum Gasteiger partial charge on any atom is -0.330 e. The molecule has 0 aliphatic heterocycles. The summed E-state index contributed by atoms with van der Waals surface area (Å²) in [6, 6.07) is 9.95. The van der Waals surface area contributed by atoms with E-state index in [9.17, 15) is 0 Å². The van der Waals surface area contributed by atoms with Crippen molar-refractivity contribution < 1.29 is 0 Å². The zero-order valence-electron chi connectivity index (χ0n) is 8.72. The summed E-state index contributed by atoms with van der Waals surface area (Å²) < 4.78 is 0. The Labute approximate surface area is 107 Å². The first-order valence-corrected chi connectivity index (χ1v) is 6.30. The van der Waals surface area contributed by atoms with Gasteiger partial charge < -0.3 is 5.32 Å². The van der Waals surface area contributed by atoms with Crippen LogP contribution in [0.15, 0.2) is 41.9 Å². The number of pyridine rings is 1. The number of benzene rings is 1. The Bertz CT molecular complexity index is 660. The molecule has 0 atom stereocenters. The third-order valence-corrected chi connectivity index (χ3v) is 3.43. The summed E-state index contributed by atoms with van der Waals surface area (Å²) in [5, 5.41) is 7.40. The molecule has 0 fully saturated rings. The van der Waals surface area contributed by atoms with Gasteiger partial charge in [0.25, 0.3) is 0 Å². The van der Waals surface area contributed by atoms with E-state index in [1.54, 1.807) is 11.6 Å². The summed E-state index contributed by atoms with van der Waals surface area (Å²) in [6.45, 7) is 0. The van der Waals surface area contributed by atoms with Gasteiger partial charge in [-0.25, -0.2) is 4.98 Å². The first-order valence-electron chi connectivity index (χ1n) is 5.05. The lowest BCUT2D eigenvalue weighted by Crippen LogP contribution is -1.91. The third-order valence-electron chi connectivity index (χ3n) is 2.35. The highest BCUT2D eigenvalue weighted by atomic mass is 35.5. The van der Waals surface area contributed by atoms with Crippen LogP contribution in [-0.4, -0.2) is 9.97 Å². The molecule has 0 saturated heterocycles. The Morgan fingerprint density at radius 1 is 1.18 bits per heavy atom. The second-order valence-corrected chi connectivity index (χ2v) is 4.73. The summed E-state index contributed by atoms with van der Waals surface area (Å²) >= 11 is 7.26. The maximum atomic E-state index is 5.79. The molecule has 84 valence electrons. The van der Waals surface area contributed by atoms with Gasteiger partial charge in [0.2, 0.25) is 0 Å². The topological polar surface area (TPSA) is 37.8 Å². The predicted molar refractivity (Wildman–Crippen MR) is 72.1 cm³/mol. The summed E-state index contributed by atoms with van der Waals surface area (Å²) in [5.74, 6) is 0. The molecular weight excluding hydrogens is 254 g/mol. The molecule has 3 nitrogen and oxygen atoms in total. The Hall–Kier alpha value is -1.65. The second-order valence-electron chi connectivity index (χ2n) is 3.48. The highest BCUT2D eigenvalue weighted by molar-refractivity contribution is 7.14. The van der Waals surface area contributed by atoms with E-state index < -0.39 is 0 Å². The van der Waals surface area contributed by atoms with Crippen molar-refractivity contribution >= 4 is 44.7 Å². The molecule has 17 heavy (non-hydrogen) atoms. The number of nitrogens with one attached hydrogen (secondary N) is 1.